The van der Waals surface area contributed by atoms with Crippen LogP contribution in [0.15, 0.2) is 33.7 Å². The molecule has 1 aromatic rings. The van der Waals surface area contributed by atoms with E-state index in [-0.39, 0.29) is 28.7 Å². The number of hydrogen-bond donors (Lipinski definition) is 2. The van der Waals surface area contributed by atoms with E-state index in [1.54, 1.807) is 7.05 Å². The fourth-order valence-electron chi connectivity index (χ4n) is 1.42. The normalized spacial score (nSPS) is 11.8. The third-order valence-corrected chi connectivity index (χ3v) is 4.55. The molecule has 6 heteroatoms. The number of thioether (sulfide) groups is 1. The topological polar surface area (TPSA) is 36.4 Å². The SMILES string of the molecule is CN=C(NCc1cccc(Br)c1)NCC(C)(C)SC.I. The van der Waals surface area contributed by atoms with Gasteiger partial charge in [0.25, 0.3) is 0 Å². The van der Waals surface area contributed by atoms with Crippen molar-refractivity contribution in [3.63, 3.8) is 0 Å². The molecule has 0 amide bonds. The lowest BCUT2D eigenvalue weighted by molar-refractivity contribution is 0.664. The molecule has 1 aromatic carbocycles. The van der Waals surface area contributed by atoms with E-state index in [4.69, 9.17) is 0 Å². The summed E-state index contributed by atoms with van der Waals surface area (Å²) in [6.45, 7) is 6.07. The zero-order valence-electron chi connectivity index (χ0n) is 12.4. The predicted octanol–water partition coefficient (Wildman–Crippen LogP) is 3.87. The van der Waals surface area contributed by atoms with Crippen molar-refractivity contribution in [2.45, 2.75) is 25.1 Å². The Labute approximate surface area is 151 Å². The number of nitrogens with one attached hydrogen (secondary N) is 2. The Morgan fingerprint density at radius 3 is 2.60 bits per heavy atom. The van der Waals surface area contributed by atoms with Gasteiger partial charge in [0.1, 0.15) is 0 Å². The average molecular weight is 472 g/mol. The van der Waals surface area contributed by atoms with Crippen molar-refractivity contribution < 1.29 is 0 Å². The highest BCUT2D eigenvalue weighted by Gasteiger charge is 2.15. The molecular formula is C14H23BrIN3S. The molecule has 0 aliphatic rings. The van der Waals surface area contributed by atoms with Crippen molar-refractivity contribution in [2.75, 3.05) is 19.8 Å². The first-order valence-corrected chi connectivity index (χ1v) is 8.23. The Morgan fingerprint density at radius 1 is 1.35 bits per heavy atom. The van der Waals surface area contributed by atoms with Crippen LogP contribution in [0.5, 0.6) is 0 Å². The highest BCUT2D eigenvalue weighted by Crippen LogP contribution is 2.19. The van der Waals surface area contributed by atoms with Gasteiger partial charge in [0.05, 0.1) is 0 Å². The van der Waals surface area contributed by atoms with Crippen LogP contribution >= 0.6 is 51.7 Å². The van der Waals surface area contributed by atoms with Crippen molar-refractivity contribution in [1.29, 1.82) is 0 Å². The van der Waals surface area contributed by atoms with E-state index in [2.05, 4.69) is 63.8 Å². The fraction of sp³-hybridized carbons (Fsp3) is 0.500. The summed E-state index contributed by atoms with van der Waals surface area (Å²) in [4.78, 5) is 4.24. The highest BCUT2D eigenvalue weighted by atomic mass is 127. The first-order valence-electron chi connectivity index (χ1n) is 6.21. The van der Waals surface area contributed by atoms with Gasteiger partial charge in [0.2, 0.25) is 0 Å². The lowest BCUT2D eigenvalue weighted by atomic mass is 10.2. The van der Waals surface area contributed by atoms with Gasteiger partial charge in [-0.25, -0.2) is 0 Å². The number of guanidine groups is 1. The quantitative estimate of drug-likeness (QED) is 0.388. The largest absolute Gasteiger partial charge is 0.355 e. The molecule has 1 rings (SSSR count). The Kier molecular flexibility index (Phi) is 9.92. The Hall–Kier alpha value is 0.0500. The van der Waals surface area contributed by atoms with Gasteiger partial charge < -0.3 is 10.6 Å². The molecule has 2 N–H and O–H groups in total. The number of aliphatic imine (C=N–C) groups is 1. The van der Waals surface area contributed by atoms with Crippen LogP contribution in [-0.4, -0.2) is 30.6 Å². The molecule has 3 nitrogen and oxygen atoms in total. The van der Waals surface area contributed by atoms with Gasteiger partial charge in [0, 0.05) is 29.4 Å². The van der Waals surface area contributed by atoms with E-state index in [1.165, 1.54) is 5.56 Å². The molecule has 0 aromatic heterocycles. The van der Waals surface area contributed by atoms with Gasteiger partial charge in [-0.1, -0.05) is 28.1 Å². The molecule has 0 heterocycles. The van der Waals surface area contributed by atoms with Crippen molar-refractivity contribution >= 4 is 57.6 Å². The smallest absolute Gasteiger partial charge is 0.191 e. The molecule has 0 aliphatic carbocycles. The molecule has 0 bridgehead atoms. The minimum Gasteiger partial charge on any atom is -0.355 e. The van der Waals surface area contributed by atoms with Crippen molar-refractivity contribution in [2.24, 2.45) is 4.99 Å². The minimum absolute atomic E-state index is 0. The molecule has 0 atom stereocenters. The Bertz CT molecular complexity index is 438. The molecule has 0 unspecified atom stereocenters. The number of halogens is 2. The molecule has 114 valence electrons. The third kappa shape index (κ3) is 7.73. The Balaban J connectivity index is 0.00000361. The van der Waals surface area contributed by atoms with Crippen LogP contribution in [0.2, 0.25) is 0 Å². The van der Waals surface area contributed by atoms with E-state index in [0.29, 0.717) is 0 Å². The first-order chi connectivity index (χ1) is 8.96. The maximum absolute atomic E-state index is 4.24. The van der Waals surface area contributed by atoms with Crippen LogP contribution in [0.3, 0.4) is 0 Å². The standard InChI is InChI=1S/C14H22BrN3S.HI/c1-14(2,19-4)10-18-13(16-3)17-9-11-6-5-7-12(15)8-11;/h5-8H,9-10H2,1-4H3,(H2,16,17,18);1H. The monoisotopic (exact) mass is 471 g/mol. The summed E-state index contributed by atoms with van der Waals surface area (Å²) in [5.74, 6) is 0.835. The summed E-state index contributed by atoms with van der Waals surface area (Å²) in [7, 11) is 1.79. The molecule has 20 heavy (non-hydrogen) atoms. The zero-order chi connectivity index (χ0) is 14.3. The van der Waals surface area contributed by atoms with Crippen LogP contribution in [-0.2, 0) is 6.54 Å². The van der Waals surface area contributed by atoms with Gasteiger partial charge in [0.15, 0.2) is 5.96 Å². The Morgan fingerprint density at radius 2 is 2.05 bits per heavy atom. The number of rotatable bonds is 5. The lowest BCUT2D eigenvalue weighted by Gasteiger charge is -2.23. The fourth-order valence-corrected chi connectivity index (χ4v) is 2.09. The molecule has 0 radical (unpaired) electrons. The second kappa shape index (κ2) is 9.89. The van der Waals surface area contributed by atoms with E-state index in [9.17, 15) is 0 Å². The van der Waals surface area contributed by atoms with Crippen molar-refractivity contribution in [3.8, 4) is 0 Å². The molecule has 0 aliphatic heterocycles. The van der Waals surface area contributed by atoms with Gasteiger partial charge in [-0.2, -0.15) is 11.8 Å². The second-order valence-electron chi connectivity index (χ2n) is 4.87. The maximum Gasteiger partial charge on any atom is 0.191 e. The van der Waals surface area contributed by atoms with E-state index in [1.807, 2.05) is 23.9 Å². The lowest BCUT2D eigenvalue weighted by Crippen LogP contribution is -2.42. The van der Waals surface area contributed by atoms with Gasteiger partial charge in [-0.3, -0.25) is 4.99 Å². The van der Waals surface area contributed by atoms with Crippen LogP contribution < -0.4 is 10.6 Å². The summed E-state index contributed by atoms with van der Waals surface area (Å²) in [6, 6.07) is 8.26. The molecule has 0 saturated heterocycles. The molecule has 0 saturated carbocycles. The molecular weight excluding hydrogens is 449 g/mol. The van der Waals surface area contributed by atoms with Crippen LogP contribution in [0, 0.1) is 0 Å². The van der Waals surface area contributed by atoms with Crippen molar-refractivity contribution in [3.05, 3.63) is 34.3 Å². The third-order valence-electron chi connectivity index (χ3n) is 2.81. The summed E-state index contributed by atoms with van der Waals surface area (Å²) in [5, 5.41) is 6.67. The molecule has 0 fully saturated rings. The van der Waals surface area contributed by atoms with Gasteiger partial charge >= 0.3 is 0 Å². The van der Waals surface area contributed by atoms with Crippen LogP contribution in [0.25, 0.3) is 0 Å². The minimum atomic E-state index is 0. The highest BCUT2D eigenvalue weighted by molar-refractivity contribution is 14.0. The van der Waals surface area contributed by atoms with Crippen molar-refractivity contribution in [1.82, 2.24) is 10.6 Å². The number of nitrogens with zero attached hydrogens (tertiary/aromatic N) is 1. The van der Waals surface area contributed by atoms with E-state index < -0.39 is 0 Å². The van der Waals surface area contributed by atoms with E-state index in [0.717, 1.165) is 23.5 Å². The summed E-state index contributed by atoms with van der Waals surface area (Å²) >= 11 is 5.32. The summed E-state index contributed by atoms with van der Waals surface area (Å²) < 4.78 is 1.30. The van der Waals surface area contributed by atoms with Gasteiger partial charge in [-0.05, 0) is 37.8 Å². The zero-order valence-corrected chi connectivity index (χ0v) is 17.1. The number of benzene rings is 1. The average Bonchev–Trinajstić information content (AvgIpc) is 2.39. The van der Waals surface area contributed by atoms with Crippen LogP contribution in [0.1, 0.15) is 19.4 Å². The molecule has 0 spiro atoms. The summed E-state index contributed by atoms with van der Waals surface area (Å²) in [6.07, 6.45) is 2.12. The maximum atomic E-state index is 4.24. The predicted molar refractivity (Wildman–Crippen MR) is 105 cm³/mol. The second-order valence-corrected chi connectivity index (χ2v) is 7.30. The first kappa shape index (κ1) is 20.1. The van der Waals surface area contributed by atoms with Gasteiger partial charge in [-0.15, -0.1) is 24.0 Å². The van der Waals surface area contributed by atoms with E-state index >= 15 is 0 Å². The number of hydrogen-bond acceptors (Lipinski definition) is 2. The van der Waals surface area contributed by atoms with Crippen LogP contribution in [0.4, 0.5) is 0 Å². The summed E-state index contributed by atoms with van der Waals surface area (Å²) in [5.41, 5.74) is 1.22.